The Labute approximate surface area is 159 Å². The second-order valence-corrected chi connectivity index (χ2v) is 6.78. The third-order valence-electron chi connectivity index (χ3n) is 5.27. The van der Waals surface area contributed by atoms with Gasteiger partial charge in [-0.05, 0) is 56.4 Å². The van der Waals surface area contributed by atoms with Gasteiger partial charge >= 0.3 is 0 Å². The summed E-state index contributed by atoms with van der Waals surface area (Å²) < 4.78 is 2.25. The summed E-state index contributed by atoms with van der Waals surface area (Å²) in [6.07, 6.45) is 0. The summed E-state index contributed by atoms with van der Waals surface area (Å²) in [6.45, 7) is 9.11. The molecule has 27 heavy (non-hydrogen) atoms. The van der Waals surface area contributed by atoms with Gasteiger partial charge in [-0.15, -0.1) is 0 Å². The number of aliphatic hydroxyl groups excluding tert-OH is 1. The minimum atomic E-state index is -0.509. The molecule has 0 bridgehead atoms. The Kier molecular flexibility index (Phi) is 5.73. The number of aliphatic hydroxyl groups is 1. The third kappa shape index (κ3) is 3.66. The Morgan fingerprint density at radius 1 is 0.963 bits per heavy atom. The summed E-state index contributed by atoms with van der Waals surface area (Å²) in [6, 6.07) is 11.3. The van der Waals surface area contributed by atoms with Crippen LogP contribution in [0.15, 0.2) is 36.4 Å². The predicted octanol–water partition coefficient (Wildman–Crippen LogP) is 3.51. The predicted molar refractivity (Wildman–Crippen MR) is 109 cm³/mol. The molecular formula is C22H26N2O3. The molecule has 142 valence electrons. The van der Waals surface area contributed by atoms with Gasteiger partial charge in [0, 0.05) is 46.0 Å². The van der Waals surface area contributed by atoms with Crippen LogP contribution in [0.2, 0.25) is 0 Å². The van der Waals surface area contributed by atoms with E-state index >= 15 is 0 Å². The van der Waals surface area contributed by atoms with Crippen molar-refractivity contribution in [2.75, 3.05) is 26.2 Å². The van der Waals surface area contributed by atoms with Crippen molar-refractivity contribution in [3.63, 3.8) is 0 Å². The van der Waals surface area contributed by atoms with Gasteiger partial charge in [0.25, 0.3) is 0 Å². The lowest BCUT2D eigenvalue weighted by atomic mass is 10.0. The molecule has 2 aromatic carbocycles. The second-order valence-electron chi connectivity index (χ2n) is 6.78. The number of nitrogens with zero attached hydrogens (tertiary/aromatic N) is 2. The van der Waals surface area contributed by atoms with Crippen LogP contribution in [0, 0.1) is 0 Å². The van der Waals surface area contributed by atoms with Gasteiger partial charge < -0.3 is 14.6 Å². The maximum atomic E-state index is 12.0. The molecular weight excluding hydrogens is 340 g/mol. The van der Waals surface area contributed by atoms with Crippen molar-refractivity contribution < 1.29 is 14.7 Å². The number of hydrogen-bond donors (Lipinski definition) is 1. The highest BCUT2D eigenvalue weighted by atomic mass is 16.3. The summed E-state index contributed by atoms with van der Waals surface area (Å²) >= 11 is 0. The first-order valence-corrected chi connectivity index (χ1v) is 9.43. The van der Waals surface area contributed by atoms with E-state index in [4.69, 9.17) is 0 Å². The van der Waals surface area contributed by atoms with Crippen molar-refractivity contribution in [3.8, 4) is 0 Å². The van der Waals surface area contributed by atoms with Crippen LogP contribution in [-0.2, 0) is 6.54 Å². The highest BCUT2D eigenvalue weighted by Gasteiger charge is 2.15. The van der Waals surface area contributed by atoms with E-state index in [1.54, 1.807) is 13.0 Å². The quantitative estimate of drug-likeness (QED) is 0.620. The first-order valence-electron chi connectivity index (χ1n) is 9.43. The zero-order valence-electron chi connectivity index (χ0n) is 16.2. The standard InChI is InChI=1S/C22H26N2O3/c1-4-23(5-2)10-11-24-20-8-6-16(15(3)26)12-18(20)19-13-17(22(27)14-25)7-9-21(19)24/h6-9,12-13,25H,4-5,10-11,14H2,1-3H3. The average Bonchev–Trinajstić information content (AvgIpc) is 3.00. The van der Waals surface area contributed by atoms with Crippen molar-refractivity contribution in [2.45, 2.75) is 27.3 Å². The molecule has 0 saturated heterocycles. The molecule has 0 aliphatic carbocycles. The summed E-state index contributed by atoms with van der Waals surface area (Å²) in [5.74, 6) is -0.285. The summed E-state index contributed by atoms with van der Waals surface area (Å²) in [4.78, 5) is 26.2. The van der Waals surface area contributed by atoms with Crippen molar-refractivity contribution >= 4 is 33.4 Å². The molecule has 1 aromatic heterocycles. The number of ketones is 2. The van der Waals surface area contributed by atoms with Crippen LogP contribution in [0.4, 0.5) is 0 Å². The number of benzene rings is 2. The SMILES string of the molecule is CCN(CC)CCn1c2ccc(C(C)=O)cc2c2cc(C(=O)CO)ccc21. The molecule has 5 heteroatoms. The van der Waals surface area contributed by atoms with E-state index in [2.05, 4.69) is 23.3 Å². The van der Waals surface area contributed by atoms with Crippen LogP contribution in [0.3, 0.4) is 0 Å². The minimum absolute atomic E-state index is 0.0172. The third-order valence-corrected chi connectivity index (χ3v) is 5.27. The monoisotopic (exact) mass is 366 g/mol. The van der Waals surface area contributed by atoms with Gasteiger partial charge in [-0.3, -0.25) is 9.59 Å². The van der Waals surface area contributed by atoms with Gasteiger partial charge in [0.15, 0.2) is 11.6 Å². The highest BCUT2D eigenvalue weighted by molar-refractivity contribution is 6.13. The minimum Gasteiger partial charge on any atom is -0.388 e. The van der Waals surface area contributed by atoms with Crippen molar-refractivity contribution in [3.05, 3.63) is 47.5 Å². The average molecular weight is 366 g/mol. The molecule has 0 unspecified atom stereocenters. The van der Waals surface area contributed by atoms with Crippen LogP contribution in [-0.4, -0.2) is 52.4 Å². The number of Topliss-reactive ketones (excluding diaryl/α,β-unsaturated/α-hetero) is 2. The number of fused-ring (bicyclic) bond motifs is 3. The summed E-state index contributed by atoms with van der Waals surface area (Å²) in [5.41, 5.74) is 3.23. The Morgan fingerprint density at radius 2 is 1.52 bits per heavy atom. The Hall–Kier alpha value is -2.50. The number of carbonyl (C=O) groups excluding carboxylic acids is 2. The fourth-order valence-corrected chi connectivity index (χ4v) is 3.61. The van der Waals surface area contributed by atoms with Gasteiger partial charge in [0.1, 0.15) is 6.61 Å². The molecule has 0 aliphatic rings. The van der Waals surface area contributed by atoms with Crippen LogP contribution < -0.4 is 0 Å². The maximum Gasteiger partial charge on any atom is 0.188 e. The lowest BCUT2D eigenvalue weighted by Crippen LogP contribution is -2.26. The summed E-state index contributed by atoms with van der Waals surface area (Å²) in [7, 11) is 0. The normalized spacial score (nSPS) is 11.6. The number of rotatable bonds is 8. The number of carbonyl (C=O) groups is 2. The fourth-order valence-electron chi connectivity index (χ4n) is 3.61. The summed E-state index contributed by atoms with van der Waals surface area (Å²) in [5, 5.41) is 11.1. The van der Waals surface area contributed by atoms with Crippen molar-refractivity contribution in [1.82, 2.24) is 9.47 Å². The molecule has 0 radical (unpaired) electrons. The molecule has 0 fully saturated rings. The van der Waals surface area contributed by atoms with Crippen LogP contribution in [0.5, 0.6) is 0 Å². The molecule has 0 aliphatic heterocycles. The zero-order valence-corrected chi connectivity index (χ0v) is 16.2. The molecule has 0 spiro atoms. The molecule has 1 N–H and O–H groups in total. The van der Waals surface area contributed by atoms with Gasteiger partial charge in [0.05, 0.1) is 0 Å². The second kappa shape index (κ2) is 8.03. The lowest BCUT2D eigenvalue weighted by Gasteiger charge is -2.19. The number of aromatic nitrogens is 1. The molecule has 5 nitrogen and oxygen atoms in total. The Morgan fingerprint density at radius 3 is 2.04 bits per heavy atom. The van der Waals surface area contributed by atoms with E-state index in [0.29, 0.717) is 11.1 Å². The first kappa shape index (κ1) is 19.3. The van der Waals surface area contributed by atoms with Gasteiger partial charge in [-0.1, -0.05) is 13.8 Å². The highest BCUT2D eigenvalue weighted by Crippen LogP contribution is 2.31. The van der Waals surface area contributed by atoms with E-state index in [1.165, 1.54) is 0 Å². The maximum absolute atomic E-state index is 12.0. The molecule has 3 aromatic rings. The molecule has 0 amide bonds. The van der Waals surface area contributed by atoms with Crippen LogP contribution in [0.1, 0.15) is 41.5 Å². The number of likely N-dealkylation sites (N-methyl/N-ethyl adjacent to an activating group) is 1. The van der Waals surface area contributed by atoms with Crippen molar-refractivity contribution in [1.29, 1.82) is 0 Å². The first-order chi connectivity index (χ1) is 13.0. The largest absolute Gasteiger partial charge is 0.388 e. The molecule has 1 heterocycles. The van der Waals surface area contributed by atoms with Gasteiger partial charge in [-0.2, -0.15) is 0 Å². The van der Waals surface area contributed by atoms with Crippen LogP contribution in [0.25, 0.3) is 21.8 Å². The van der Waals surface area contributed by atoms with Crippen molar-refractivity contribution in [2.24, 2.45) is 0 Å². The van der Waals surface area contributed by atoms with Gasteiger partial charge in [0.2, 0.25) is 0 Å². The van der Waals surface area contributed by atoms with E-state index in [-0.39, 0.29) is 11.6 Å². The fraction of sp³-hybridized carbons (Fsp3) is 0.364. The van der Waals surface area contributed by atoms with Gasteiger partial charge in [-0.25, -0.2) is 0 Å². The lowest BCUT2D eigenvalue weighted by molar-refractivity contribution is 0.0903. The molecule has 0 atom stereocenters. The Balaban J connectivity index is 2.20. The van der Waals surface area contributed by atoms with E-state index < -0.39 is 6.61 Å². The Bertz CT molecular complexity index is 1000. The topological polar surface area (TPSA) is 62.5 Å². The molecule has 3 rings (SSSR count). The van der Waals surface area contributed by atoms with E-state index in [0.717, 1.165) is 48.0 Å². The van der Waals surface area contributed by atoms with Crippen LogP contribution >= 0.6 is 0 Å². The van der Waals surface area contributed by atoms with E-state index in [9.17, 15) is 14.7 Å². The van der Waals surface area contributed by atoms with E-state index in [1.807, 2.05) is 30.3 Å². The number of hydrogen-bond acceptors (Lipinski definition) is 4. The zero-order chi connectivity index (χ0) is 19.6. The smallest absolute Gasteiger partial charge is 0.188 e. The molecule has 0 saturated carbocycles.